The summed E-state index contributed by atoms with van der Waals surface area (Å²) in [6.07, 6.45) is 12.6. The summed E-state index contributed by atoms with van der Waals surface area (Å²) in [5.41, 5.74) is 0.763. The lowest BCUT2D eigenvalue weighted by atomic mass is 9.44. The van der Waals surface area contributed by atoms with Gasteiger partial charge in [0, 0.05) is 17.0 Å². The molecular formula is C27H44O. The van der Waals surface area contributed by atoms with Crippen LogP contribution >= 0.6 is 0 Å². The maximum atomic E-state index is 12.1. The van der Waals surface area contributed by atoms with Crippen LogP contribution in [0.15, 0.2) is 12.1 Å². The fourth-order valence-electron chi connectivity index (χ4n) is 8.82. The highest BCUT2D eigenvalue weighted by molar-refractivity contribution is 5.79. The molecule has 0 radical (unpaired) electrons. The maximum Gasteiger partial charge on any atom is 0.133 e. The smallest absolute Gasteiger partial charge is 0.133 e. The first kappa shape index (κ1) is 15.2. The Labute approximate surface area is 181 Å². The summed E-state index contributed by atoms with van der Waals surface area (Å²) in [5.74, 6) is 4.74. The van der Waals surface area contributed by atoms with Gasteiger partial charge < -0.3 is 0 Å². The number of Topliss-reactive ketones (excluding diaryl/α,β-unsaturated/α-hetero) is 1. The summed E-state index contributed by atoms with van der Waals surface area (Å²) in [7, 11) is 0. The lowest BCUT2D eigenvalue weighted by Crippen LogP contribution is -2.53. The van der Waals surface area contributed by atoms with E-state index in [9.17, 15) is 4.79 Å². The molecule has 1 nitrogen and oxygen atoms in total. The van der Waals surface area contributed by atoms with E-state index in [-0.39, 0.29) is 5.57 Å². The molecule has 0 amide bonds. The highest BCUT2D eigenvalue weighted by Gasteiger charge is 2.60. The van der Waals surface area contributed by atoms with Gasteiger partial charge in [-0.05, 0) is 111 Å². The number of ketones is 1. The van der Waals surface area contributed by atoms with E-state index in [2.05, 4.69) is 20.8 Å². The molecule has 1 unspecified atom stereocenters. The Bertz CT molecular complexity index is 784. The third kappa shape index (κ3) is 3.33. The van der Waals surface area contributed by atoms with Crippen LogP contribution in [0.5, 0.6) is 0 Å². The van der Waals surface area contributed by atoms with E-state index >= 15 is 0 Å². The molecule has 0 heterocycles. The van der Waals surface area contributed by atoms with Crippen LogP contribution in [0.25, 0.3) is 0 Å². The number of hydrogen-bond donors (Lipinski definition) is 0. The van der Waals surface area contributed by atoms with Crippen LogP contribution in [0.2, 0.25) is 0 Å². The van der Waals surface area contributed by atoms with Crippen LogP contribution in [0.1, 0.15) is 112 Å². The summed E-state index contributed by atoms with van der Waals surface area (Å²) in [4.78, 5) is 12.1. The van der Waals surface area contributed by atoms with E-state index in [1.165, 1.54) is 38.5 Å². The summed E-state index contributed by atoms with van der Waals surface area (Å²) in [5, 5.41) is 0. The zero-order valence-corrected chi connectivity index (χ0v) is 18.4. The Balaban J connectivity index is 1.41. The van der Waals surface area contributed by atoms with Gasteiger partial charge >= 0.3 is 0 Å². The van der Waals surface area contributed by atoms with Crippen LogP contribution in [0.4, 0.5) is 0 Å². The average molecular weight is 390 g/mol. The van der Waals surface area contributed by atoms with Crippen molar-refractivity contribution in [2.24, 2.45) is 46.3 Å². The Kier molecular flexibility index (Phi) is 4.13. The largest absolute Gasteiger partial charge is 0.300 e. The van der Waals surface area contributed by atoms with E-state index in [0.29, 0.717) is 40.8 Å². The minimum atomic E-state index is -2.32. The molecule has 0 N–H and O–H groups in total. The standard InChI is InChI=1S/C27H44O/c1-18(2)7-6-8-19(3)23-11-12-24-22-10-9-20-17-21(28)13-15-26(20,4)25(22)14-16-27(23,24)5/h19-20,22-25H,1,6-17H2,2-5H3/t19-,20?,22+,23-,24+,25+,26+,27-/m1/s1/i1D2,2D3. The summed E-state index contributed by atoms with van der Waals surface area (Å²) in [6, 6.07) is 0. The molecule has 4 aliphatic carbocycles. The second kappa shape index (κ2) is 7.59. The van der Waals surface area contributed by atoms with E-state index in [0.717, 1.165) is 49.9 Å². The highest BCUT2D eigenvalue weighted by Crippen LogP contribution is 2.68. The third-order valence-corrected chi connectivity index (χ3v) is 10.3. The lowest BCUT2D eigenvalue weighted by Gasteiger charge is -2.60. The highest BCUT2D eigenvalue weighted by atomic mass is 16.1. The van der Waals surface area contributed by atoms with Crippen molar-refractivity contribution in [3.63, 3.8) is 0 Å². The monoisotopic (exact) mass is 389 g/mol. The first-order valence-electron chi connectivity index (χ1n) is 14.6. The summed E-state index contributed by atoms with van der Waals surface area (Å²) in [6.45, 7) is 4.59. The van der Waals surface area contributed by atoms with Crippen molar-refractivity contribution in [1.82, 2.24) is 0 Å². The Hall–Kier alpha value is -0.590. The molecule has 4 aliphatic rings. The Morgan fingerprint density at radius 3 is 2.79 bits per heavy atom. The SMILES string of the molecule is [2H]C([2H])=C(CCC[C@@H](C)[C@H]1CC[C@H]2[C@@H]3CCC4CC(=O)CC[C@]4(C)[C@H]3CC[C@]12C)C([2H])([2H])[2H]. The van der Waals surface area contributed by atoms with Crippen LogP contribution in [-0.4, -0.2) is 5.78 Å². The predicted molar refractivity (Wildman–Crippen MR) is 118 cm³/mol. The van der Waals surface area contributed by atoms with E-state index in [4.69, 9.17) is 6.85 Å². The third-order valence-electron chi connectivity index (χ3n) is 10.3. The molecular weight excluding hydrogens is 340 g/mol. The van der Waals surface area contributed by atoms with Crippen molar-refractivity contribution in [2.75, 3.05) is 0 Å². The second-order valence-corrected chi connectivity index (χ2v) is 11.5. The zero-order chi connectivity index (χ0) is 24.2. The normalized spacial score (nSPS) is 49.3. The molecule has 0 aliphatic heterocycles. The molecule has 158 valence electrons. The van der Waals surface area contributed by atoms with E-state index in [1.54, 1.807) is 0 Å². The topological polar surface area (TPSA) is 17.1 Å². The van der Waals surface area contributed by atoms with Crippen LogP contribution in [0, 0.1) is 46.3 Å². The second-order valence-electron chi connectivity index (χ2n) is 11.5. The molecule has 0 spiro atoms. The molecule has 0 aromatic rings. The molecule has 8 atom stereocenters. The first-order chi connectivity index (χ1) is 15.4. The van der Waals surface area contributed by atoms with Crippen LogP contribution in [-0.2, 0) is 4.79 Å². The Morgan fingerprint density at radius 1 is 1.18 bits per heavy atom. The van der Waals surface area contributed by atoms with Crippen molar-refractivity contribution in [2.45, 2.75) is 105 Å². The quantitative estimate of drug-likeness (QED) is 0.442. The summed E-state index contributed by atoms with van der Waals surface area (Å²) < 4.78 is 37.9. The maximum absolute atomic E-state index is 12.1. The molecule has 4 saturated carbocycles. The van der Waals surface area contributed by atoms with Crippen molar-refractivity contribution in [3.8, 4) is 0 Å². The molecule has 0 bridgehead atoms. The van der Waals surface area contributed by atoms with Gasteiger partial charge in [0.05, 0.1) is 2.74 Å². The van der Waals surface area contributed by atoms with Gasteiger partial charge in [-0.2, -0.15) is 0 Å². The van der Waals surface area contributed by atoms with Crippen molar-refractivity contribution in [1.29, 1.82) is 0 Å². The van der Waals surface area contributed by atoms with Gasteiger partial charge in [-0.3, -0.25) is 4.79 Å². The van der Waals surface area contributed by atoms with E-state index in [1.807, 2.05) is 0 Å². The number of hydrogen-bond acceptors (Lipinski definition) is 1. The van der Waals surface area contributed by atoms with Crippen molar-refractivity contribution in [3.05, 3.63) is 12.1 Å². The summed E-state index contributed by atoms with van der Waals surface area (Å²) >= 11 is 0. The average Bonchev–Trinajstić information content (AvgIpc) is 3.07. The zero-order valence-electron chi connectivity index (χ0n) is 23.4. The van der Waals surface area contributed by atoms with Gasteiger partial charge in [0.25, 0.3) is 0 Å². The number of fused-ring (bicyclic) bond motifs is 5. The van der Waals surface area contributed by atoms with Crippen LogP contribution in [0.3, 0.4) is 0 Å². The molecule has 28 heavy (non-hydrogen) atoms. The van der Waals surface area contributed by atoms with Crippen LogP contribution < -0.4 is 0 Å². The number of carbonyl (C=O) groups is 1. The van der Waals surface area contributed by atoms with Crippen molar-refractivity contribution < 1.29 is 11.6 Å². The minimum Gasteiger partial charge on any atom is -0.300 e. The molecule has 4 fully saturated rings. The minimum absolute atomic E-state index is 0.0154. The molecule has 0 aromatic carbocycles. The van der Waals surface area contributed by atoms with Gasteiger partial charge in [0.15, 0.2) is 0 Å². The van der Waals surface area contributed by atoms with Gasteiger partial charge in [0.2, 0.25) is 0 Å². The lowest BCUT2D eigenvalue weighted by molar-refractivity contribution is -0.140. The molecule has 1 heteroatoms. The van der Waals surface area contributed by atoms with E-state index < -0.39 is 13.4 Å². The fraction of sp³-hybridized carbons (Fsp3) is 0.889. The molecule has 0 saturated heterocycles. The molecule has 4 rings (SSSR count). The van der Waals surface area contributed by atoms with Crippen molar-refractivity contribution >= 4 is 5.78 Å². The van der Waals surface area contributed by atoms with Gasteiger partial charge in [0.1, 0.15) is 5.78 Å². The Morgan fingerprint density at radius 2 is 2.00 bits per heavy atom. The molecule has 0 aromatic heterocycles. The number of allylic oxidation sites excluding steroid dienone is 1. The van der Waals surface area contributed by atoms with Gasteiger partial charge in [-0.1, -0.05) is 32.8 Å². The fourth-order valence-corrected chi connectivity index (χ4v) is 8.82. The van der Waals surface area contributed by atoms with Gasteiger partial charge in [-0.15, -0.1) is 6.53 Å². The van der Waals surface area contributed by atoms with Gasteiger partial charge in [-0.25, -0.2) is 0 Å². The first-order valence-corrected chi connectivity index (χ1v) is 12.1. The predicted octanol–water partition coefficient (Wildman–Crippen LogP) is 7.60. The number of rotatable bonds is 5. The number of carbonyl (C=O) groups excluding carboxylic acids is 1.